The molecule has 1 atom stereocenters. The van der Waals surface area contributed by atoms with Gasteiger partial charge in [-0.15, -0.1) is 0 Å². The van der Waals surface area contributed by atoms with Crippen LogP contribution in [0, 0.1) is 0 Å². The molecule has 2 aromatic carbocycles. The van der Waals surface area contributed by atoms with Gasteiger partial charge < -0.3 is 9.29 Å². The first-order valence-electron chi connectivity index (χ1n) is 5.77. The van der Waals surface area contributed by atoms with E-state index in [1.165, 1.54) is 18.2 Å². The lowest BCUT2D eigenvalue weighted by Gasteiger charge is -2.12. The van der Waals surface area contributed by atoms with E-state index in [-0.39, 0.29) is 10.6 Å². The van der Waals surface area contributed by atoms with Crippen LogP contribution in [0.4, 0.5) is 0 Å². The van der Waals surface area contributed by atoms with E-state index in [0.29, 0.717) is 5.56 Å². The lowest BCUT2D eigenvalue weighted by atomic mass is 10.1. The number of benzene rings is 2. The zero-order chi connectivity index (χ0) is 13.9. The zero-order valence-corrected chi connectivity index (χ0v) is 11.2. The molecule has 1 N–H and O–H groups in total. The molecule has 1 unspecified atom stereocenters. The zero-order valence-electron chi connectivity index (χ0n) is 10.4. The number of para-hydroxylation sites is 1. The number of rotatable bonds is 4. The molecular formula is C14H14O4S. The van der Waals surface area contributed by atoms with Gasteiger partial charge in [0.25, 0.3) is 0 Å². The lowest BCUT2D eigenvalue weighted by Crippen LogP contribution is -2.11. The van der Waals surface area contributed by atoms with Gasteiger partial charge in [0, 0.05) is 5.56 Å². The van der Waals surface area contributed by atoms with Crippen molar-refractivity contribution in [3.63, 3.8) is 0 Å². The third-order valence-corrected chi connectivity index (χ3v) is 3.85. The van der Waals surface area contributed by atoms with E-state index in [0.717, 1.165) is 0 Å². The van der Waals surface area contributed by atoms with Crippen LogP contribution >= 0.6 is 0 Å². The van der Waals surface area contributed by atoms with E-state index in [2.05, 4.69) is 0 Å². The summed E-state index contributed by atoms with van der Waals surface area (Å²) in [6, 6.07) is 14.4. The summed E-state index contributed by atoms with van der Waals surface area (Å²) in [4.78, 5) is 0.0791. The van der Waals surface area contributed by atoms with Gasteiger partial charge in [0.05, 0.1) is 6.10 Å². The average Bonchev–Trinajstić information content (AvgIpc) is 2.39. The minimum atomic E-state index is -3.88. The van der Waals surface area contributed by atoms with Crippen LogP contribution in [0.25, 0.3) is 0 Å². The normalized spacial score (nSPS) is 12.9. The van der Waals surface area contributed by atoms with Crippen molar-refractivity contribution in [1.82, 2.24) is 0 Å². The molecule has 0 aromatic heterocycles. The first-order valence-corrected chi connectivity index (χ1v) is 7.18. The molecule has 0 aliphatic rings. The molecule has 2 rings (SSSR count). The first-order chi connectivity index (χ1) is 9.00. The van der Waals surface area contributed by atoms with Crippen LogP contribution < -0.4 is 4.18 Å². The Balaban J connectivity index is 2.37. The predicted molar refractivity (Wildman–Crippen MR) is 71.3 cm³/mol. The largest absolute Gasteiger partial charge is 0.389 e. The Kier molecular flexibility index (Phi) is 3.87. The van der Waals surface area contributed by atoms with Gasteiger partial charge >= 0.3 is 10.1 Å². The summed E-state index contributed by atoms with van der Waals surface area (Å²) in [5.74, 6) is 0.140. The highest BCUT2D eigenvalue weighted by atomic mass is 32.2. The van der Waals surface area contributed by atoms with E-state index in [1.54, 1.807) is 43.3 Å². The van der Waals surface area contributed by atoms with Crippen molar-refractivity contribution < 1.29 is 17.7 Å². The lowest BCUT2D eigenvalue weighted by molar-refractivity contribution is 0.197. The summed E-state index contributed by atoms with van der Waals surface area (Å²) in [5.41, 5.74) is 0.432. The Labute approximate surface area is 112 Å². The third-order valence-electron chi connectivity index (χ3n) is 2.60. The van der Waals surface area contributed by atoms with Crippen LogP contribution in [0.2, 0.25) is 0 Å². The van der Waals surface area contributed by atoms with Crippen molar-refractivity contribution in [1.29, 1.82) is 0 Å². The maximum atomic E-state index is 12.1. The molecule has 0 amide bonds. The molecule has 19 heavy (non-hydrogen) atoms. The monoisotopic (exact) mass is 278 g/mol. The summed E-state index contributed by atoms with van der Waals surface area (Å²) in [6.07, 6.45) is -0.804. The highest BCUT2D eigenvalue weighted by Crippen LogP contribution is 2.27. The van der Waals surface area contributed by atoms with E-state index >= 15 is 0 Å². The van der Waals surface area contributed by atoms with Crippen molar-refractivity contribution >= 4 is 10.1 Å². The molecule has 0 spiro atoms. The van der Waals surface area contributed by atoms with Gasteiger partial charge in [-0.05, 0) is 25.1 Å². The maximum Gasteiger partial charge on any atom is 0.339 e. The van der Waals surface area contributed by atoms with Crippen molar-refractivity contribution in [2.24, 2.45) is 0 Å². The second kappa shape index (κ2) is 5.42. The van der Waals surface area contributed by atoms with Crippen molar-refractivity contribution in [3.05, 3.63) is 60.2 Å². The van der Waals surface area contributed by atoms with Gasteiger partial charge in [-0.3, -0.25) is 0 Å². The van der Waals surface area contributed by atoms with Crippen molar-refractivity contribution in [2.45, 2.75) is 17.9 Å². The van der Waals surface area contributed by atoms with Gasteiger partial charge in [0.1, 0.15) is 10.6 Å². The third kappa shape index (κ3) is 3.13. The molecule has 0 saturated heterocycles. The van der Waals surface area contributed by atoms with Crippen molar-refractivity contribution in [3.8, 4) is 5.75 Å². The van der Waals surface area contributed by atoms with E-state index in [4.69, 9.17) is 4.18 Å². The van der Waals surface area contributed by atoms with Gasteiger partial charge in [-0.2, -0.15) is 8.42 Å². The summed E-state index contributed by atoms with van der Waals surface area (Å²) in [7, 11) is -3.88. The Bertz CT molecular complexity index is 648. The quantitative estimate of drug-likeness (QED) is 0.873. The van der Waals surface area contributed by atoms with E-state index in [9.17, 15) is 13.5 Å². The predicted octanol–water partition coefficient (Wildman–Crippen LogP) is 2.51. The second-order valence-electron chi connectivity index (χ2n) is 4.06. The SMILES string of the molecule is CC(O)c1ccccc1OS(=O)(=O)c1ccccc1. The number of aliphatic hydroxyl groups is 1. The van der Waals surface area contributed by atoms with Crippen LogP contribution in [0.3, 0.4) is 0 Å². The highest BCUT2D eigenvalue weighted by molar-refractivity contribution is 7.87. The molecule has 2 aromatic rings. The molecule has 5 heteroatoms. The van der Waals surface area contributed by atoms with Gasteiger partial charge in [-0.1, -0.05) is 36.4 Å². The van der Waals surface area contributed by atoms with E-state index < -0.39 is 16.2 Å². The van der Waals surface area contributed by atoms with Gasteiger partial charge in [0.15, 0.2) is 0 Å². The molecule has 0 aliphatic carbocycles. The minimum absolute atomic E-state index is 0.0791. The molecule has 100 valence electrons. The van der Waals surface area contributed by atoms with Gasteiger partial charge in [0.2, 0.25) is 0 Å². The molecule has 0 aliphatic heterocycles. The van der Waals surface area contributed by atoms with Crippen LogP contribution in [0.1, 0.15) is 18.6 Å². The Morgan fingerprint density at radius 1 is 1.00 bits per heavy atom. The van der Waals surface area contributed by atoms with Crippen LogP contribution in [0.15, 0.2) is 59.5 Å². The highest BCUT2D eigenvalue weighted by Gasteiger charge is 2.19. The maximum absolute atomic E-state index is 12.1. The smallest absolute Gasteiger partial charge is 0.339 e. The Morgan fingerprint density at radius 3 is 2.21 bits per heavy atom. The number of hydrogen-bond acceptors (Lipinski definition) is 4. The fourth-order valence-corrected chi connectivity index (χ4v) is 2.63. The van der Waals surface area contributed by atoms with Gasteiger partial charge in [-0.25, -0.2) is 0 Å². The fourth-order valence-electron chi connectivity index (χ4n) is 1.66. The molecular weight excluding hydrogens is 264 g/mol. The summed E-state index contributed by atoms with van der Waals surface area (Å²) in [6.45, 7) is 1.55. The molecule has 4 nitrogen and oxygen atoms in total. The minimum Gasteiger partial charge on any atom is -0.389 e. The number of hydrogen-bond donors (Lipinski definition) is 1. The van der Waals surface area contributed by atoms with Crippen molar-refractivity contribution in [2.75, 3.05) is 0 Å². The summed E-state index contributed by atoms with van der Waals surface area (Å²) >= 11 is 0. The second-order valence-corrected chi connectivity index (χ2v) is 5.61. The summed E-state index contributed by atoms with van der Waals surface area (Å²) < 4.78 is 29.2. The molecule has 0 bridgehead atoms. The Hall–Kier alpha value is -1.85. The topological polar surface area (TPSA) is 63.6 Å². The summed E-state index contributed by atoms with van der Waals surface area (Å²) in [5, 5.41) is 9.60. The first kappa shape index (κ1) is 13.6. The fraction of sp³-hybridized carbons (Fsp3) is 0.143. The van der Waals surface area contributed by atoms with Crippen LogP contribution in [-0.4, -0.2) is 13.5 Å². The Morgan fingerprint density at radius 2 is 1.58 bits per heavy atom. The van der Waals surface area contributed by atoms with E-state index in [1.807, 2.05) is 0 Å². The molecule has 0 saturated carbocycles. The van der Waals surface area contributed by atoms with Crippen LogP contribution in [-0.2, 0) is 10.1 Å². The molecule has 0 fully saturated rings. The molecule has 0 radical (unpaired) electrons. The molecule has 0 heterocycles. The average molecular weight is 278 g/mol. The van der Waals surface area contributed by atoms with Crippen LogP contribution in [0.5, 0.6) is 5.75 Å². The number of aliphatic hydroxyl groups excluding tert-OH is 1. The standard InChI is InChI=1S/C14H14O4S/c1-11(15)13-9-5-6-10-14(13)18-19(16,17)12-7-3-2-4-8-12/h2-11,15H,1H3.